The molecule has 1 aliphatic rings. The Morgan fingerprint density at radius 3 is 2.90 bits per heavy atom. The van der Waals surface area contributed by atoms with E-state index in [2.05, 4.69) is 36.3 Å². The Balaban J connectivity index is 2.06. The van der Waals surface area contributed by atoms with Crippen LogP contribution in [0.3, 0.4) is 0 Å². The van der Waals surface area contributed by atoms with Crippen molar-refractivity contribution in [3.8, 4) is 0 Å². The molecule has 0 aromatic carbocycles. The molecule has 0 bridgehead atoms. The minimum Gasteiger partial charge on any atom is -0.267 e. The van der Waals surface area contributed by atoms with Crippen LogP contribution in [-0.2, 0) is 0 Å². The molecule has 1 N–H and O–H groups in total. The number of amides is 1. The number of rotatable bonds is 3. The summed E-state index contributed by atoms with van der Waals surface area (Å²) < 4.78 is 0. The van der Waals surface area contributed by atoms with Crippen molar-refractivity contribution in [1.82, 2.24) is 10.4 Å². The highest BCUT2D eigenvalue weighted by Crippen LogP contribution is 2.31. The van der Waals surface area contributed by atoms with Crippen LogP contribution in [0.5, 0.6) is 0 Å². The highest BCUT2D eigenvalue weighted by molar-refractivity contribution is 5.95. The summed E-state index contributed by atoms with van der Waals surface area (Å²) in [5.41, 5.74) is 4.36. The van der Waals surface area contributed by atoms with E-state index in [-0.39, 0.29) is 5.91 Å². The number of nitrogens with one attached hydrogen (secondary N) is 1. The van der Waals surface area contributed by atoms with Gasteiger partial charge >= 0.3 is 0 Å². The molecule has 1 heterocycles. The number of carbonyl (C=O) groups excluding carboxylic acids is 1. The van der Waals surface area contributed by atoms with Crippen molar-refractivity contribution < 1.29 is 4.79 Å². The third-order valence-corrected chi connectivity index (χ3v) is 3.99. The maximum atomic E-state index is 12.0. The van der Waals surface area contributed by atoms with Gasteiger partial charge in [-0.15, -0.1) is 0 Å². The Morgan fingerprint density at radius 2 is 2.25 bits per heavy atom. The molecule has 0 saturated heterocycles. The third kappa shape index (κ3) is 3.65. The molecule has 1 saturated carbocycles. The number of pyridine rings is 1. The average Bonchev–Trinajstić information content (AvgIpc) is 2.45. The van der Waals surface area contributed by atoms with Crippen LogP contribution in [0.4, 0.5) is 0 Å². The molecule has 2 rings (SSSR count). The van der Waals surface area contributed by atoms with Crippen LogP contribution in [0.2, 0.25) is 0 Å². The first-order valence-corrected chi connectivity index (χ1v) is 7.34. The first kappa shape index (κ1) is 14.7. The van der Waals surface area contributed by atoms with Crippen molar-refractivity contribution >= 4 is 11.6 Å². The summed E-state index contributed by atoms with van der Waals surface area (Å²) in [5, 5.41) is 4.40. The number of hydrazone groups is 1. The summed E-state index contributed by atoms with van der Waals surface area (Å²) in [5.74, 6) is 1.52. The van der Waals surface area contributed by atoms with Crippen LogP contribution >= 0.6 is 0 Å². The van der Waals surface area contributed by atoms with Gasteiger partial charge in [0.15, 0.2) is 0 Å². The minimum absolute atomic E-state index is 0.189. The fraction of sp³-hybridized carbons (Fsp3) is 0.562. The molecule has 0 spiro atoms. The summed E-state index contributed by atoms with van der Waals surface area (Å²) in [7, 11) is 0. The second kappa shape index (κ2) is 6.64. The topological polar surface area (TPSA) is 54.4 Å². The van der Waals surface area contributed by atoms with E-state index >= 15 is 0 Å². The van der Waals surface area contributed by atoms with Gasteiger partial charge in [0.2, 0.25) is 0 Å². The predicted octanol–water partition coefficient (Wildman–Crippen LogP) is 3.26. The molecule has 0 radical (unpaired) electrons. The van der Waals surface area contributed by atoms with Crippen molar-refractivity contribution in [2.75, 3.05) is 0 Å². The summed E-state index contributed by atoms with van der Waals surface area (Å²) in [6.07, 6.45) is 6.61. The van der Waals surface area contributed by atoms with E-state index < -0.39 is 0 Å². The van der Waals surface area contributed by atoms with E-state index in [4.69, 9.17) is 0 Å². The van der Waals surface area contributed by atoms with Crippen molar-refractivity contribution in [3.05, 3.63) is 30.1 Å². The molecule has 2 atom stereocenters. The molecule has 1 aromatic heterocycles. The summed E-state index contributed by atoms with van der Waals surface area (Å²) in [4.78, 5) is 15.9. The number of carbonyl (C=O) groups is 1. The van der Waals surface area contributed by atoms with Gasteiger partial charge in [0.25, 0.3) is 5.91 Å². The van der Waals surface area contributed by atoms with Gasteiger partial charge in [0.05, 0.1) is 5.56 Å². The first-order valence-electron chi connectivity index (χ1n) is 7.34. The van der Waals surface area contributed by atoms with E-state index in [0.29, 0.717) is 23.3 Å². The van der Waals surface area contributed by atoms with E-state index in [1.165, 1.54) is 12.8 Å². The lowest BCUT2D eigenvalue weighted by atomic mass is 9.76. The van der Waals surface area contributed by atoms with E-state index in [0.717, 1.165) is 12.1 Å². The summed E-state index contributed by atoms with van der Waals surface area (Å²) in [6, 6.07) is 3.49. The van der Waals surface area contributed by atoms with Gasteiger partial charge in [-0.25, -0.2) is 5.43 Å². The Morgan fingerprint density at radius 1 is 1.45 bits per heavy atom. The van der Waals surface area contributed by atoms with E-state index in [1.54, 1.807) is 24.5 Å². The fourth-order valence-electron chi connectivity index (χ4n) is 2.77. The van der Waals surface area contributed by atoms with Crippen molar-refractivity contribution in [3.63, 3.8) is 0 Å². The number of hydrogen-bond donors (Lipinski definition) is 1. The number of aromatic nitrogens is 1. The Bertz CT molecular complexity index is 482. The molecule has 1 aliphatic carbocycles. The highest BCUT2D eigenvalue weighted by atomic mass is 16.2. The minimum atomic E-state index is -0.189. The second-order valence-corrected chi connectivity index (χ2v) is 6.02. The maximum absolute atomic E-state index is 12.0. The lowest BCUT2D eigenvalue weighted by molar-refractivity contribution is 0.0953. The fourth-order valence-corrected chi connectivity index (χ4v) is 2.77. The molecule has 4 heteroatoms. The second-order valence-electron chi connectivity index (χ2n) is 6.02. The average molecular weight is 273 g/mol. The molecule has 1 amide bonds. The molecule has 4 nitrogen and oxygen atoms in total. The molecule has 1 aromatic rings. The van der Waals surface area contributed by atoms with Crippen LogP contribution in [0, 0.1) is 17.8 Å². The van der Waals surface area contributed by atoms with Crippen LogP contribution in [0.15, 0.2) is 29.6 Å². The Labute approximate surface area is 120 Å². The zero-order valence-electron chi connectivity index (χ0n) is 12.5. The third-order valence-electron chi connectivity index (χ3n) is 3.99. The van der Waals surface area contributed by atoms with Gasteiger partial charge in [-0.1, -0.05) is 20.8 Å². The smallest absolute Gasteiger partial charge is 0.267 e. The monoisotopic (exact) mass is 273 g/mol. The molecule has 20 heavy (non-hydrogen) atoms. The zero-order valence-corrected chi connectivity index (χ0v) is 12.5. The van der Waals surface area contributed by atoms with E-state index in [9.17, 15) is 4.79 Å². The van der Waals surface area contributed by atoms with Crippen LogP contribution < -0.4 is 5.43 Å². The lowest BCUT2D eigenvalue weighted by Gasteiger charge is -2.30. The number of hydrogen-bond acceptors (Lipinski definition) is 3. The normalized spacial score (nSPS) is 24.9. The van der Waals surface area contributed by atoms with Gasteiger partial charge in [0.1, 0.15) is 0 Å². The van der Waals surface area contributed by atoms with Gasteiger partial charge in [-0.2, -0.15) is 5.10 Å². The van der Waals surface area contributed by atoms with Crippen LogP contribution in [0.1, 0.15) is 50.4 Å². The lowest BCUT2D eigenvalue weighted by Crippen LogP contribution is -2.31. The molecule has 0 aliphatic heterocycles. The van der Waals surface area contributed by atoms with Gasteiger partial charge in [-0.3, -0.25) is 9.78 Å². The Kier molecular flexibility index (Phi) is 4.88. The zero-order chi connectivity index (χ0) is 14.5. The summed E-state index contributed by atoms with van der Waals surface area (Å²) >= 11 is 0. The molecular weight excluding hydrogens is 250 g/mol. The van der Waals surface area contributed by atoms with Crippen molar-refractivity contribution in [2.24, 2.45) is 22.9 Å². The van der Waals surface area contributed by atoms with Crippen LogP contribution in [-0.4, -0.2) is 16.6 Å². The predicted molar refractivity (Wildman–Crippen MR) is 80.5 cm³/mol. The van der Waals surface area contributed by atoms with Gasteiger partial charge in [-0.05, 0) is 43.2 Å². The van der Waals surface area contributed by atoms with Gasteiger partial charge < -0.3 is 0 Å². The first-order chi connectivity index (χ1) is 9.58. The molecular formula is C16H23N3O. The standard InChI is InChI=1S/C16H23N3O/c1-11(2)14-7-6-12(3)9-15(14)18-19-16(20)13-5-4-8-17-10-13/h4-5,8,10-12,14H,6-7,9H2,1-3H3,(H,19,20). The van der Waals surface area contributed by atoms with Crippen LogP contribution in [0.25, 0.3) is 0 Å². The van der Waals surface area contributed by atoms with E-state index in [1.807, 2.05) is 0 Å². The SMILES string of the molecule is CC1CCC(C(C)C)C(=NNC(=O)c2cccnc2)C1. The van der Waals surface area contributed by atoms with Crippen molar-refractivity contribution in [2.45, 2.75) is 40.0 Å². The van der Waals surface area contributed by atoms with Crippen molar-refractivity contribution in [1.29, 1.82) is 0 Å². The molecule has 2 unspecified atom stereocenters. The quantitative estimate of drug-likeness (QED) is 0.859. The summed E-state index contributed by atoms with van der Waals surface area (Å²) in [6.45, 7) is 6.69. The van der Waals surface area contributed by atoms with Gasteiger partial charge in [0, 0.05) is 24.0 Å². The Hall–Kier alpha value is -1.71. The highest BCUT2D eigenvalue weighted by Gasteiger charge is 2.27. The maximum Gasteiger partial charge on any atom is 0.272 e. The molecule has 108 valence electrons. The largest absolute Gasteiger partial charge is 0.272 e. The molecule has 1 fully saturated rings. The number of nitrogens with zero attached hydrogens (tertiary/aromatic N) is 2.